The molecule has 116 valence electrons. The number of carboxylic acid groups (broad SMARTS) is 1. The predicted octanol–water partition coefficient (Wildman–Crippen LogP) is 3.46. The Bertz CT molecular complexity index is 630. The second-order valence-electron chi connectivity index (χ2n) is 5.63. The van der Waals surface area contributed by atoms with Crippen molar-refractivity contribution < 1.29 is 23.5 Å². The SMILES string of the molecule is O=C(O)[C@@H]1[C@@H](C(=O)C(F)(F)Sc2ccccc2)[C@@H]2C=C[C@H]1C2. The number of thioether (sulfide) groups is 1. The molecule has 0 amide bonds. The topological polar surface area (TPSA) is 54.4 Å². The molecule has 1 aromatic rings. The van der Waals surface area contributed by atoms with Crippen LogP contribution in [0.25, 0.3) is 0 Å². The third-order valence-corrected chi connectivity index (χ3v) is 5.29. The van der Waals surface area contributed by atoms with Gasteiger partial charge in [-0.2, -0.15) is 8.78 Å². The van der Waals surface area contributed by atoms with Gasteiger partial charge in [-0.1, -0.05) is 30.4 Å². The number of carbonyl (C=O) groups is 2. The number of ketones is 1. The minimum absolute atomic E-state index is 0.182. The summed E-state index contributed by atoms with van der Waals surface area (Å²) in [6.07, 6.45) is 3.91. The van der Waals surface area contributed by atoms with Gasteiger partial charge in [0.25, 0.3) is 0 Å². The average Bonchev–Trinajstić information content (AvgIpc) is 3.07. The van der Waals surface area contributed by atoms with E-state index in [4.69, 9.17) is 0 Å². The maximum atomic E-state index is 14.3. The van der Waals surface area contributed by atoms with Crippen LogP contribution in [0.4, 0.5) is 8.78 Å². The van der Waals surface area contributed by atoms with Gasteiger partial charge in [-0.15, -0.1) is 0 Å². The number of aliphatic carboxylic acids is 1. The zero-order valence-electron chi connectivity index (χ0n) is 11.5. The van der Waals surface area contributed by atoms with E-state index in [0.29, 0.717) is 6.42 Å². The van der Waals surface area contributed by atoms with E-state index in [0.717, 1.165) is 0 Å². The standard InChI is InChI=1S/C16H14F2O3S/c17-16(18,22-11-4-2-1-3-5-11)14(19)12-9-6-7-10(8-9)13(12)15(20)21/h1-7,9-10,12-13H,8H2,(H,20,21)/t9-,10+,12+,13+/m1/s1. The molecule has 0 aliphatic heterocycles. The van der Waals surface area contributed by atoms with E-state index in [1.165, 1.54) is 12.1 Å². The molecular formula is C16H14F2O3S. The Morgan fingerprint density at radius 1 is 1.09 bits per heavy atom. The van der Waals surface area contributed by atoms with Crippen molar-refractivity contribution in [3.05, 3.63) is 42.5 Å². The molecule has 2 aliphatic carbocycles. The van der Waals surface area contributed by atoms with Gasteiger partial charge in [-0.3, -0.25) is 9.59 Å². The molecule has 0 radical (unpaired) electrons. The van der Waals surface area contributed by atoms with Gasteiger partial charge in [0.05, 0.1) is 5.92 Å². The van der Waals surface area contributed by atoms with Gasteiger partial charge in [-0.25, -0.2) is 0 Å². The number of hydrogen-bond acceptors (Lipinski definition) is 3. The number of alkyl halides is 2. The summed E-state index contributed by atoms with van der Waals surface area (Å²) in [5.41, 5.74) is 0. The Balaban J connectivity index is 1.83. The molecule has 6 heteroatoms. The van der Waals surface area contributed by atoms with Gasteiger partial charge in [0.2, 0.25) is 5.78 Å². The summed E-state index contributed by atoms with van der Waals surface area (Å²) in [6, 6.07) is 7.93. The Hall–Kier alpha value is -1.69. The molecule has 1 aromatic carbocycles. The third-order valence-electron chi connectivity index (χ3n) is 4.32. The lowest BCUT2D eigenvalue weighted by atomic mass is 9.80. The molecule has 2 bridgehead atoms. The van der Waals surface area contributed by atoms with E-state index in [-0.39, 0.29) is 28.5 Å². The highest BCUT2D eigenvalue weighted by atomic mass is 32.2. The number of carbonyl (C=O) groups excluding carboxylic acids is 1. The van der Waals surface area contributed by atoms with Gasteiger partial charge < -0.3 is 5.11 Å². The fraction of sp³-hybridized carbons (Fsp3) is 0.375. The van der Waals surface area contributed by atoms with Crippen LogP contribution in [0.1, 0.15) is 6.42 Å². The number of benzene rings is 1. The molecule has 1 N–H and O–H groups in total. The minimum Gasteiger partial charge on any atom is -0.481 e. The van der Waals surface area contributed by atoms with Gasteiger partial charge >= 0.3 is 11.2 Å². The van der Waals surface area contributed by atoms with E-state index in [2.05, 4.69) is 0 Å². The summed E-state index contributed by atoms with van der Waals surface area (Å²) in [5, 5.41) is 5.65. The molecule has 2 aliphatic rings. The number of fused-ring (bicyclic) bond motifs is 2. The van der Waals surface area contributed by atoms with Crippen LogP contribution < -0.4 is 0 Å². The van der Waals surface area contributed by atoms with Crippen molar-refractivity contribution in [2.45, 2.75) is 16.6 Å². The van der Waals surface area contributed by atoms with Gasteiger partial charge in [0.15, 0.2) is 0 Å². The monoisotopic (exact) mass is 324 g/mol. The highest BCUT2D eigenvalue weighted by Gasteiger charge is 2.57. The van der Waals surface area contributed by atoms with Crippen molar-refractivity contribution in [1.29, 1.82) is 0 Å². The summed E-state index contributed by atoms with van der Waals surface area (Å²) < 4.78 is 28.6. The lowest BCUT2D eigenvalue weighted by Crippen LogP contribution is -2.40. The molecule has 0 saturated heterocycles. The van der Waals surface area contributed by atoms with E-state index in [9.17, 15) is 23.5 Å². The second-order valence-corrected chi connectivity index (χ2v) is 6.82. The largest absolute Gasteiger partial charge is 0.481 e. The van der Waals surface area contributed by atoms with Crippen LogP contribution >= 0.6 is 11.8 Å². The molecule has 1 saturated carbocycles. The van der Waals surface area contributed by atoms with Crippen LogP contribution in [0, 0.1) is 23.7 Å². The Morgan fingerprint density at radius 3 is 2.27 bits per heavy atom. The molecule has 0 heterocycles. The number of halogens is 2. The predicted molar refractivity (Wildman–Crippen MR) is 77.6 cm³/mol. The molecule has 22 heavy (non-hydrogen) atoms. The van der Waals surface area contributed by atoms with E-state index < -0.39 is 28.8 Å². The zero-order chi connectivity index (χ0) is 15.9. The number of carboxylic acids is 1. The summed E-state index contributed by atoms with van der Waals surface area (Å²) in [6.45, 7) is 0. The first-order chi connectivity index (χ1) is 10.4. The van der Waals surface area contributed by atoms with Gasteiger partial charge in [0.1, 0.15) is 0 Å². The Morgan fingerprint density at radius 2 is 1.68 bits per heavy atom. The molecule has 3 nitrogen and oxygen atoms in total. The minimum atomic E-state index is -3.63. The molecular weight excluding hydrogens is 310 g/mol. The van der Waals surface area contributed by atoms with Crippen molar-refractivity contribution in [2.75, 3.05) is 0 Å². The number of rotatable bonds is 5. The van der Waals surface area contributed by atoms with Crippen molar-refractivity contribution in [3.8, 4) is 0 Å². The zero-order valence-corrected chi connectivity index (χ0v) is 12.3. The molecule has 1 fully saturated rings. The van der Waals surface area contributed by atoms with Gasteiger partial charge in [0, 0.05) is 10.8 Å². The molecule has 3 rings (SSSR count). The quantitative estimate of drug-likeness (QED) is 0.666. The number of hydrogen-bond donors (Lipinski definition) is 1. The van der Waals surface area contributed by atoms with Crippen LogP contribution in [0.3, 0.4) is 0 Å². The van der Waals surface area contributed by atoms with Crippen LogP contribution in [-0.4, -0.2) is 22.1 Å². The van der Waals surface area contributed by atoms with Crippen LogP contribution in [-0.2, 0) is 9.59 Å². The molecule has 0 aromatic heterocycles. The fourth-order valence-electron chi connectivity index (χ4n) is 3.40. The number of Topliss-reactive ketones (excluding diaryl/α,β-unsaturated/α-hetero) is 1. The maximum Gasteiger partial charge on any atom is 0.356 e. The average molecular weight is 324 g/mol. The smallest absolute Gasteiger partial charge is 0.356 e. The fourth-order valence-corrected chi connectivity index (χ4v) is 4.22. The summed E-state index contributed by atoms with van der Waals surface area (Å²) in [4.78, 5) is 23.9. The summed E-state index contributed by atoms with van der Waals surface area (Å²) in [7, 11) is 0. The first-order valence-electron chi connectivity index (χ1n) is 6.97. The van der Waals surface area contributed by atoms with Crippen molar-refractivity contribution in [3.63, 3.8) is 0 Å². The van der Waals surface area contributed by atoms with Gasteiger partial charge in [-0.05, 0) is 42.2 Å². The highest BCUT2D eigenvalue weighted by Crippen LogP contribution is 2.52. The molecule has 0 spiro atoms. The normalized spacial score (nSPS) is 29.7. The van der Waals surface area contributed by atoms with E-state index >= 15 is 0 Å². The lowest BCUT2D eigenvalue weighted by molar-refractivity contribution is -0.151. The maximum absolute atomic E-state index is 14.3. The number of allylic oxidation sites excluding steroid dienone is 2. The molecule has 4 atom stereocenters. The first kappa shape index (κ1) is 15.2. The van der Waals surface area contributed by atoms with Crippen molar-refractivity contribution in [1.82, 2.24) is 0 Å². The summed E-state index contributed by atoms with van der Waals surface area (Å²) >= 11 is 0.182. The van der Waals surface area contributed by atoms with E-state index in [1.807, 2.05) is 0 Å². The van der Waals surface area contributed by atoms with Crippen LogP contribution in [0.2, 0.25) is 0 Å². The van der Waals surface area contributed by atoms with Crippen LogP contribution in [0.15, 0.2) is 47.4 Å². The lowest BCUT2D eigenvalue weighted by Gasteiger charge is -2.26. The summed E-state index contributed by atoms with van der Waals surface area (Å²) in [5.74, 6) is -5.32. The first-order valence-corrected chi connectivity index (χ1v) is 7.79. The van der Waals surface area contributed by atoms with Crippen molar-refractivity contribution in [2.24, 2.45) is 23.7 Å². The molecule has 0 unspecified atom stereocenters. The highest BCUT2D eigenvalue weighted by molar-refractivity contribution is 8.01. The Kier molecular flexibility index (Phi) is 3.80. The van der Waals surface area contributed by atoms with Crippen LogP contribution in [0.5, 0.6) is 0 Å². The Labute approximate surface area is 130 Å². The van der Waals surface area contributed by atoms with E-state index in [1.54, 1.807) is 30.4 Å². The van der Waals surface area contributed by atoms with Crippen molar-refractivity contribution >= 4 is 23.5 Å². The third kappa shape index (κ3) is 2.56. The second kappa shape index (κ2) is 5.50.